The maximum atomic E-state index is 13.4. The molecular formula is C8H8FIN3P. The van der Waals surface area contributed by atoms with Crippen molar-refractivity contribution in [1.82, 2.24) is 9.55 Å². The van der Waals surface area contributed by atoms with E-state index in [9.17, 15) is 4.39 Å². The molecule has 1 atom stereocenters. The van der Waals surface area contributed by atoms with Crippen LogP contribution >= 0.6 is 28.4 Å². The third kappa shape index (κ3) is 1.64. The molecule has 0 saturated carbocycles. The highest BCUT2D eigenvalue weighted by atomic mass is 127. The summed E-state index contributed by atoms with van der Waals surface area (Å²) < 4.78 is 15.2. The number of fused-ring (bicyclic) bond motifs is 1. The number of hydrogen-bond acceptors (Lipinski definition) is 2. The topological polar surface area (TPSA) is 43.8 Å². The van der Waals surface area contributed by atoms with Gasteiger partial charge in [0.2, 0.25) is 0 Å². The third-order valence-corrected chi connectivity index (χ3v) is 3.92. The first-order valence-electron chi connectivity index (χ1n) is 3.99. The van der Waals surface area contributed by atoms with Crippen molar-refractivity contribution in [3.63, 3.8) is 0 Å². The van der Waals surface area contributed by atoms with Crippen molar-refractivity contribution in [3.8, 4) is 0 Å². The Balaban J connectivity index is 2.69. The first-order valence-corrected chi connectivity index (χ1v) is 8.05. The highest BCUT2D eigenvalue weighted by molar-refractivity contribution is 14.2. The van der Waals surface area contributed by atoms with Crippen molar-refractivity contribution in [2.75, 3.05) is 0 Å². The maximum Gasteiger partial charge on any atom is 0.129 e. The minimum absolute atomic E-state index is 0.222. The zero-order valence-corrected chi connectivity index (χ0v) is 10.3. The number of halogens is 2. The van der Waals surface area contributed by atoms with Crippen molar-refractivity contribution in [1.29, 1.82) is 0 Å². The van der Waals surface area contributed by atoms with Crippen LogP contribution in [0.3, 0.4) is 0 Å². The molecule has 0 spiro atoms. The van der Waals surface area contributed by atoms with Crippen LogP contribution in [0.2, 0.25) is 0 Å². The smallest absolute Gasteiger partial charge is 0.129 e. The molecule has 2 aromatic rings. The molecule has 1 heterocycles. The molecule has 0 amide bonds. The summed E-state index contributed by atoms with van der Waals surface area (Å²) in [6.07, 6.45) is 2.22. The Morgan fingerprint density at radius 1 is 1.57 bits per heavy atom. The molecule has 14 heavy (non-hydrogen) atoms. The molecule has 0 fully saturated rings. The van der Waals surface area contributed by atoms with E-state index < -0.39 is 0 Å². The summed E-state index contributed by atoms with van der Waals surface area (Å²) in [6, 6.07) is 3.25. The third-order valence-electron chi connectivity index (χ3n) is 2.04. The zero-order chi connectivity index (χ0) is 10.1. The van der Waals surface area contributed by atoms with Gasteiger partial charge in [-0.2, -0.15) is 5.10 Å². The predicted molar refractivity (Wildman–Crippen MR) is 65.3 cm³/mol. The summed E-state index contributed by atoms with van der Waals surface area (Å²) in [5.74, 6) is -0.253. The molecule has 1 unspecified atom stereocenters. The van der Waals surface area contributed by atoms with E-state index >= 15 is 0 Å². The largest absolute Gasteiger partial charge is 0.326 e. The number of rotatable bonds is 2. The van der Waals surface area contributed by atoms with Crippen molar-refractivity contribution < 1.29 is 4.39 Å². The van der Waals surface area contributed by atoms with E-state index in [2.05, 4.69) is 27.1 Å². The molecular weight excluding hydrogens is 315 g/mol. The average molecular weight is 323 g/mol. The van der Waals surface area contributed by atoms with Gasteiger partial charge in [-0.3, -0.25) is 0 Å². The standard InChI is InChI=1S/C8H8FIN3P/c9-7-2-8-6(1-5(7)3-11)4-12-13(8)14-10/h1-2,4,14H,3,11H2. The van der Waals surface area contributed by atoms with Crippen LogP contribution in [-0.2, 0) is 6.54 Å². The van der Waals surface area contributed by atoms with Gasteiger partial charge in [0.15, 0.2) is 0 Å². The minimum atomic E-state index is -0.253. The van der Waals surface area contributed by atoms with E-state index in [0.717, 1.165) is 10.9 Å². The Labute approximate surface area is 95.2 Å². The van der Waals surface area contributed by atoms with Crippen LogP contribution in [0.25, 0.3) is 10.9 Å². The van der Waals surface area contributed by atoms with Gasteiger partial charge in [0.1, 0.15) is 5.82 Å². The first kappa shape index (κ1) is 10.3. The molecule has 1 aromatic carbocycles. The lowest BCUT2D eigenvalue weighted by atomic mass is 10.1. The molecule has 1 aromatic heterocycles. The Morgan fingerprint density at radius 3 is 3.00 bits per heavy atom. The number of nitrogens with zero attached hydrogens (tertiary/aromatic N) is 2. The quantitative estimate of drug-likeness (QED) is 0.681. The molecule has 0 radical (unpaired) electrons. The van der Waals surface area contributed by atoms with E-state index in [1.807, 2.05) is 0 Å². The van der Waals surface area contributed by atoms with Crippen molar-refractivity contribution in [2.24, 2.45) is 5.73 Å². The van der Waals surface area contributed by atoms with Gasteiger partial charge in [-0.05, 0) is 28.1 Å². The van der Waals surface area contributed by atoms with E-state index in [4.69, 9.17) is 5.73 Å². The lowest BCUT2D eigenvalue weighted by Gasteiger charge is -2.01. The summed E-state index contributed by atoms with van der Waals surface area (Å²) in [6.45, 7) is 0.222. The zero-order valence-electron chi connectivity index (χ0n) is 7.17. The highest BCUT2D eigenvalue weighted by Crippen LogP contribution is 2.29. The number of benzene rings is 1. The van der Waals surface area contributed by atoms with Gasteiger partial charge in [-0.25, -0.2) is 8.84 Å². The number of aromatic nitrogens is 2. The Kier molecular flexibility index (Phi) is 2.99. The van der Waals surface area contributed by atoms with Crippen molar-refractivity contribution in [3.05, 3.63) is 29.7 Å². The summed E-state index contributed by atoms with van der Waals surface area (Å²) >= 11 is 2.21. The Bertz CT molecular complexity index is 471. The summed E-state index contributed by atoms with van der Waals surface area (Å²) in [5, 5.41) is 5.09. The predicted octanol–water partition coefficient (Wildman–Crippen LogP) is 2.43. The van der Waals surface area contributed by atoms with Crippen LogP contribution in [0.1, 0.15) is 5.56 Å². The van der Waals surface area contributed by atoms with Crippen LogP contribution in [0.5, 0.6) is 0 Å². The molecule has 0 saturated heterocycles. The van der Waals surface area contributed by atoms with Gasteiger partial charge in [0.05, 0.1) is 18.1 Å². The van der Waals surface area contributed by atoms with Crippen LogP contribution in [0.15, 0.2) is 18.3 Å². The highest BCUT2D eigenvalue weighted by Gasteiger charge is 2.07. The molecule has 0 aliphatic carbocycles. The lowest BCUT2D eigenvalue weighted by Crippen LogP contribution is -1.99. The van der Waals surface area contributed by atoms with Gasteiger partial charge in [0.25, 0.3) is 0 Å². The fraction of sp³-hybridized carbons (Fsp3) is 0.125. The lowest BCUT2D eigenvalue weighted by molar-refractivity contribution is 0.612. The van der Waals surface area contributed by atoms with E-state index in [1.165, 1.54) is 6.07 Å². The first-order chi connectivity index (χ1) is 6.76. The van der Waals surface area contributed by atoms with E-state index in [-0.39, 0.29) is 12.4 Å². The van der Waals surface area contributed by atoms with Crippen molar-refractivity contribution >= 4 is 39.3 Å². The van der Waals surface area contributed by atoms with Gasteiger partial charge in [-0.15, -0.1) is 0 Å². The SMILES string of the molecule is NCc1cc2cnn(PI)c2cc1F. The number of hydrogen-bond donors (Lipinski definition) is 1. The molecule has 6 heteroatoms. The minimum Gasteiger partial charge on any atom is -0.326 e. The molecule has 0 aliphatic rings. The second-order valence-electron chi connectivity index (χ2n) is 2.85. The van der Waals surface area contributed by atoms with Crippen LogP contribution in [0.4, 0.5) is 4.39 Å². The van der Waals surface area contributed by atoms with Crippen LogP contribution in [0, 0.1) is 5.82 Å². The van der Waals surface area contributed by atoms with Crippen LogP contribution < -0.4 is 5.73 Å². The second kappa shape index (κ2) is 4.08. The number of nitrogens with two attached hydrogens (primary N) is 1. The molecule has 2 N–H and O–H groups in total. The second-order valence-corrected chi connectivity index (χ2v) is 4.89. The average Bonchev–Trinajstić information content (AvgIpc) is 2.58. The van der Waals surface area contributed by atoms with Gasteiger partial charge in [0, 0.05) is 23.6 Å². The Morgan fingerprint density at radius 2 is 2.36 bits per heavy atom. The van der Waals surface area contributed by atoms with E-state index in [1.54, 1.807) is 16.7 Å². The van der Waals surface area contributed by atoms with Gasteiger partial charge in [-0.1, -0.05) is 0 Å². The molecule has 0 aliphatic heterocycles. The fourth-order valence-corrected chi connectivity index (χ4v) is 2.86. The van der Waals surface area contributed by atoms with Crippen LogP contribution in [-0.4, -0.2) is 9.55 Å². The Hall–Kier alpha value is -0.260. The summed E-state index contributed by atoms with van der Waals surface area (Å²) in [4.78, 5) is 0. The monoisotopic (exact) mass is 323 g/mol. The molecule has 74 valence electrons. The summed E-state index contributed by atoms with van der Waals surface area (Å²) in [5.41, 5.74) is 6.78. The normalized spacial score (nSPS) is 11.9. The van der Waals surface area contributed by atoms with E-state index in [0.29, 0.717) is 11.9 Å². The summed E-state index contributed by atoms with van der Waals surface area (Å²) in [7, 11) is 0. The molecule has 2 rings (SSSR count). The fourth-order valence-electron chi connectivity index (χ4n) is 1.32. The molecule has 0 bridgehead atoms. The van der Waals surface area contributed by atoms with Gasteiger partial charge >= 0.3 is 0 Å². The molecule has 3 nitrogen and oxygen atoms in total. The maximum absolute atomic E-state index is 13.4. The van der Waals surface area contributed by atoms with Gasteiger partial charge < -0.3 is 5.73 Å². The van der Waals surface area contributed by atoms with Crippen molar-refractivity contribution in [2.45, 2.75) is 6.54 Å².